The molecule has 0 heterocycles. The quantitative estimate of drug-likeness (QED) is 0.686. The first-order valence-corrected chi connectivity index (χ1v) is 6.45. The van der Waals surface area contributed by atoms with E-state index in [4.69, 9.17) is 11.6 Å². The third-order valence-electron chi connectivity index (χ3n) is 1.61. The van der Waals surface area contributed by atoms with Crippen molar-refractivity contribution >= 4 is 21.4 Å². The summed E-state index contributed by atoms with van der Waals surface area (Å²) in [6, 6.07) is 2.65. The van der Waals surface area contributed by atoms with E-state index in [9.17, 15) is 21.6 Å². The first-order chi connectivity index (χ1) is 7.58. The second kappa shape index (κ2) is 4.59. The first-order valence-electron chi connectivity index (χ1n) is 4.18. The van der Waals surface area contributed by atoms with Gasteiger partial charge in [0.2, 0.25) is 9.84 Å². The van der Waals surface area contributed by atoms with Crippen molar-refractivity contribution < 1.29 is 21.6 Å². The second-order valence-electron chi connectivity index (χ2n) is 3.23. The van der Waals surface area contributed by atoms with Gasteiger partial charge in [-0.1, -0.05) is 11.6 Å². The minimum Gasteiger partial charge on any atom is -0.216 e. The minimum absolute atomic E-state index is 0.102. The van der Waals surface area contributed by atoms with Crippen LogP contribution in [0.2, 0.25) is 5.02 Å². The summed E-state index contributed by atoms with van der Waals surface area (Å²) in [4.78, 5) is 0. The molecule has 1 aromatic carbocycles. The molecule has 0 N–H and O–H groups in total. The summed E-state index contributed by atoms with van der Waals surface area (Å²) < 4.78 is 58.7. The van der Waals surface area contributed by atoms with E-state index in [1.165, 1.54) is 0 Å². The Morgan fingerprint density at radius 1 is 1.24 bits per heavy atom. The van der Waals surface area contributed by atoms with Crippen molar-refractivity contribution in [2.75, 3.05) is 6.26 Å². The number of hydrogen-bond acceptors (Lipinski definition) is 2. The number of hydrogen-bond donors (Lipinski definition) is 0. The predicted octanol–water partition coefficient (Wildman–Crippen LogP) is 2.71. The van der Waals surface area contributed by atoms with Crippen molar-refractivity contribution in [2.45, 2.75) is 6.18 Å². The van der Waals surface area contributed by atoms with Gasteiger partial charge in [-0.2, -0.15) is 13.2 Å². The first kappa shape index (κ1) is 13.9. The van der Waals surface area contributed by atoms with Gasteiger partial charge in [0.05, 0.1) is 11.8 Å². The Hall–Kier alpha value is -1.19. The third-order valence-corrected chi connectivity index (χ3v) is 2.30. The standard InChI is InChI=1S/C10H6ClF3O2S/c1-17(15,16)3-2-7-4-8(10(12,13)14)6-9(11)5-7/h4-6H,1H3. The fraction of sp³-hybridized carbons (Fsp3) is 0.200. The van der Waals surface area contributed by atoms with Crippen LogP contribution >= 0.6 is 11.6 Å². The van der Waals surface area contributed by atoms with Crippen molar-refractivity contribution in [3.05, 3.63) is 34.3 Å². The van der Waals surface area contributed by atoms with Gasteiger partial charge in [-0.3, -0.25) is 0 Å². The van der Waals surface area contributed by atoms with Crippen LogP contribution in [0.3, 0.4) is 0 Å². The van der Waals surface area contributed by atoms with Gasteiger partial charge >= 0.3 is 6.18 Å². The van der Waals surface area contributed by atoms with E-state index in [1.807, 2.05) is 5.25 Å². The van der Waals surface area contributed by atoms with Crippen LogP contribution < -0.4 is 0 Å². The summed E-state index contributed by atoms with van der Waals surface area (Å²) in [5.74, 6) is 2.12. The summed E-state index contributed by atoms with van der Waals surface area (Å²) >= 11 is 5.49. The molecule has 0 aliphatic carbocycles. The van der Waals surface area contributed by atoms with E-state index < -0.39 is 21.6 Å². The molecule has 0 radical (unpaired) electrons. The van der Waals surface area contributed by atoms with Crippen molar-refractivity contribution in [1.29, 1.82) is 0 Å². The molecular weight excluding hydrogens is 277 g/mol. The smallest absolute Gasteiger partial charge is 0.216 e. The summed E-state index contributed by atoms with van der Waals surface area (Å²) in [6.45, 7) is 0. The van der Waals surface area contributed by atoms with Gasteiger partial charge in [0, 0.05) is 15.8 Å². The van der Waals surface area contributed by atoms with Crippen LogP contribution in [0, 0.1) is 11.2 Å². The maximum absolute atomic E-state index is 12.4. The molecule has 0 saturated heterocycles. The SMILES string of the molecule is CS(=O)(=O)C#Cc1cc(Cl)cc(C(F)(F)F)c1. The largest absolute Gasteiger partial charge is 0.416 e. The molecule has 0 amide bonds. The lowest BCUT2D eigenvalue weighted by Crippen LogP contribution is -2.05. The lowest BCUT2D eigenvalue weighted by molar-refractivity contribution is -0.137. The number of rotatable bonds is 0. The zero-order valence-electron chi connectivity index (χ0n) is 8.47. The van der Waals surface area contributed by atoms with Crippen LogP contribution in [0.15, 0.2) is 18.2 Å². The average molecular weight is 283 g/mol. The molecule has 0 spiro atoms. The fourth-order valence-corrected chi connectivity index (χ4v) is 1.52. The van der Waals surface area contributed by atoms with Gasteiger partial charge in [0.1, 0.15) is 0 Å². The highest BCUT2D eigenvalue weighted by atomic mass is 35.5. The molecule has 0 bridgehead atoms. The van der Waals surface area contributed by atoms with Gasteiger partial charge in [-0.15, -0.1) is 0 Å². The molecule has 17 heavy (non-hydrogen) atoms. The van der Waals surface area contributed by atoms with E-state index in [1.54, 1.807) is 0 Å². The number of benzene rings is 1. The van der Waals surface area contributed by atoms with Gasteiger partial charge in [-0.25, -0.2) is 8.42 Å². The van der Waals surface area contributed by atoms with Crippen LogP contribution in [0.25, 0.3) is 0 Å². The lowest BCUT2D eigenvalue weighted by Gasteiger charge is -2.07. The molecule has 1 rings (SSSR count). The molecule has 2 nitrogen and oxygen atoms in total. The van der Waals surface area contributed by atoms with E-state index in [2.05, 4.69) is 5.92 Å². The summed E-state index contributed by atoms with van der Waals surface area (Å²) in [5.41, 5.74) is -1.07. The van der Waals surface area contributed by atoms with E-state index in [-0.39, 0.29) is 10.6 Å². The maximum atomic E-state index is 12.4. The Kier molecular flexibility index (Phi) is 3.74. The Bertz CT molecular complexity index is 594. The minimum atomic E-state index is -4.55. The van der Waals surface area contributed by atoms with Crippen LogP contribution in [0.1, 0.15) is 11.1 Å². The van der Waals surface area contributed by atoms with Crippen molar-refractivity contribution in [3.8, 4) is 11.2 Å². The van der Waals surface area contributed by atoms with Gasteiger partial charge in [-0.05, 0) is 24.1 Å². The molecule has 0 fully saturated rings. The summed E-state index contributed by atoms with van der Waals surface area (Å²) in [6.07, 6.45) is -3.69. The Labute approximate surface area is 101 Å². The number of alkyl halides is 3. The molecule has 0 aromatic heterocycles. The number of halogens is 4. The zero-order chi connectivity index (χ0) is 13.3. The Morgan fingerprint density at radius 2 is 1.82 bits per heavy atom. The van der Waals surface area contributed by atoms with Gasteiger partial charge in [0.15, 0.2) is 0 Å². The third kappa shape index (κ3) is 4.67. The molecule has 0 aliphatic heterocycles. The molecule has 1 aromatic rings. The number of sulfone groups is 1. The summed E-state index contributed by atoms with van der Waals surface area (Å²) in [7, 11) is -3.57. The molecule has 0 aliphatic rings. The van der Waals surface area contributed by atoms with Crippen molar-refractivity contribution in [2.24, 2.45) is 0 Å². The molecule has 0 unspecified atom stereocenters. The molecule has 92 valence electrons. The van der Waals surface area contributed by atoms with Crippen LogP contribution in [-0.4, -0.2) is 14.7 Å². The zero-order valence-corrected chi connectivity index (χ0v) is 10.0. The fourth-order valence-electron chi connectivity index (χ4n) is 0.977. The van der Waals surface area contributed by atoms with Crippen molar-refractivity contribution in [3.63, 3.8) is 0 Å². The summed E-state index contributed by atoms with van der Waals surface area (Å²) in [5, 5.41) is 1.69. The van der Waals surface area contributed by atoms with Crippen LogP contribution in [0.5, 0.6) is 0 Å². The molecule has 7 heteroatoms. The second-order valence-corrected chi connectivity index (χ2v) is 5.41. The van der Waals surface area contributed by atoms with Crippen LogP contribution in [-0.2, 0) is 16.0 Å². The Morgan fingerprint density at radius 3 is 2.29 bits per heavy atom. The van der Waals surface area contributed by atoms with E-state index in [0.717, 1.165) is 24.5 Å². The average Bonchev–Trinajstić information content (AvgIpc) is 2.11. The predicted molar refractivity (Wildman–Crippen MR) is 58.2 cm³/mol. The van der Waals surface area contributed by atoms with Crippen molar-refractivity contribution in [1.82, 2.24) is 0 Å². The van der Waals surface area contributed by atoms with Gasteiger partial charge < -0.3 is 0 Å². The van der Waals surface area contributed by atoms with Crippen LogP contribution in [0.4, 0.5) is 13.2 Å². The molecule has 0 saturated carbocycles. The lowest BCUT2D eigenvalue weighted by atomic mass is 10.1. The Balaban J connectivity index is 3.28. The van der Waals surface area contributed by atoms with Gasteiger partial charge in [0.25, 0.3) is 0 Å². The van der Waals surface area contributed by atoms with E-state index in [0.29, 0.717) is 0 Å². The highest BCUT2D eigenvalue weighted by Gasteiger charge is 2.30. The monoisotopic (exact) mass is 282 g/mol. The van der Waals surface area contributed by atoms with E-state index >= 15 is 0 Å². The maximum Gasteiger partial charge on any atom is 0.416 e. The molecule has 0 atom stereocenters. The topological polar surface area (TPSA) is 34.1 Å². The highest BCUT2D eigenvalue weighted by Crippen LogP contribution is 2.31. The normalized spacial score (nSPS) is 11.8. The molecular formula is C10H6ClF3O2S. The highest BCUT2D eigenvalue weighted by molar-refractivity contribution is 7.95.